The Bertz CT molecular complexity index is 516. The topological polar surface area (TPSA) is 56.3 Å². The first-order chi connectivity index (χ1) is 7.70. The minimum Gasteiger partial charge on any atom is -0.460 e. The second-order valence-corrected chi connectivity index (χ2v) is 3.69. The van der Waals surface area contributed by atoms with Gasteiger partial charge in [0.1, 0.15) is 11.3 Å². The van der Waals surface area contributed by atoms with Gasteiger partial charge in [0.15, 0.2) is 0 Å². The molecule has 0 fully saturated rings. The molecule has 1 radical (unpaired) electrons. The Morgan fingerprint density at radius 2 is 2.31 bits per heavy atom. The highest BCUT2D eigenvalue weighted by atomic mass is 16.6. The fraction of sp³-hybridized carbons (Fsp3) is 0.333. The largest absolute Gasteiger partial charge is 0.460 e. The molecule has 0 bridgehead atoms. The van der Waals surface area contributed by atoms with Crippen LogP contribution >= 0.6 is 0 Å². The van der Waals surface area contributed by atoms with Crippen LogP contribution in [0.2, 0.25) is 0 Å². The summed E-state index contributed by atoms with van der Waals surface area (Å²) in [6, 6.07) is 7.62. The van der Waals surface area contributed by atoms with Crippen LogP contribution in [0.25, 0.3) is 11.0 Å². The van der Waals surface area contributed by atoms with Crippen LogP contribution in [0.15, 0.2) is 22.6 Å². The van der Waals surface area contributed by atoms with E-state index in [-0.39, 0.29) is 5.69 Å². The number of fused-ring (bicyclic) bond motifs is 1. The number of nitro benzene ring substituents is 1. The number of unbranched alkanes of at least 4 members (excludes halogenated alkanes) is 1. The summed E-state index contributed by atoms with van der Waals surface area (Å²) in [4.78, 5) is 10.2. The zero-order valence-electron chi connectivity index (χ0n) is 9.03. The van der Waals surface area contributed by atoms with Crippen LogP contribution in [-0.4, -0.2) is 4.92 Å². The molecule has 0 aliphatic heterocycles. The molecule has 0 saturated carbocycles. The number of hydrogen-bond acceptors (Lipinski definition) is 3. The molecular formula is C12H12NO3. The first-order valence-corrected chi connectivity index (χ1v) is 5.30. The molecule has 83 valence electrons. The molecule has 0 atom stereocenters. The van der Waals surface area contributed by atoms with Crippen LogP contribution in [0, 0.1) is 16.2 Å². The number of hydrogen-bond donors (Lipinski definition) is 0. The van der Waals surface area contributed by atoms with Crippen molar-refractivity contribution in [2.75, 3.05) is 0 Å². The Morgan fingerprint density at radius 3 is 3.00 bits per heavy atom. The molecular weight excluding hydrogens is 206 g/mol. The quantitative estimate of drug-likeness (QED) is 0.583. The summed E-state index contributed by atoms with van der Waals surface area (Å²) in [7, 11) is 0. The Balaban J connectivity index is 2.34. The smallest absolute Gasteiger partial charge is 0.270 e. The lowest BCUT2D eigenvalue weighted by atomic mass is 10.2. The monoisotopic (exact) mass is 218 g/mol. The fourth-order valence-electron chi connectivity index (χ4n) is 1.58. The number of rotatable bonds is 4. The fourth-order valence-corrected chi connectivity index (χ4v) is 1.58. The van der Waals surface area contributed by atoms with Crippen molar-refractivity contribution in [3.05, 3.63) is 40.1 Å². The lowest BCUT2D eigenvalue weighted by molar-refractivity contribution is -0.384. The van der Waals surface area contributed by atoms with E-state index in [1.165, 1.54) is 12.1 Å². The van der Waals surface area contributed by atoms with Gasteiger partial charge in [0.05, 0.1) is 4.92 Å². The Kier molecular flexibility index (Phi) is 2.90. The van der Waals surface area contributed by atoms with Crippen LogP contribution in [0.5, 0.6) is 0 Å². The molecule has 4 heteroatoms. The summed E-state index contributed by atoms with van der Waals surface area (Å²) in [5, 5.41) is 11.3. The van der Waals surface area contributed by atoms with Gasteiger partial charge >= 0.3 is 0 Å². The highest BCUT2D eigenvalue weighted by Gasteiger charge is 2.10. The maximum atomic E-state index is 10.6. The molecule has 0 amide bonds. The van der Waals surface area contributed by atoms with Crippen molar-refractivity contribution in [1.29, 1.82) is 0 Å². The van der Waals surface area contributed by atoms with E-state index < -0.39 is 4.92 Å². The van der Waals surface area contributed by atoms with Gasteiger partial charge in [-0.25, -0.2) is 0 Å². The molecule has 4 nitrogen and oxygen atoms in total. The average molecular weight is 218 g/mol. The molecule has 0 spiro atoms. The predicted molar refractivity (Wildman–Crippen MR) is 60.3 cm³/mol. The van der Waals surface area contributed by atoms with E-state index in [9.17, 15) is 10.1 Å². The Morgan fingerprint density at radius 1 is 1.50 bits per heavy atom. The molecule has 1 aromatic heterocycles. The molecule has 2 rings (SSSR count). The van der Waals surface area contributed by atoms with Crippen molar-refractivity contribution in [2.45, 2.75) is 26.2 Å². The molecule has 0 N–H and O–H groups in total. The second-order valence-electron chi connectivity index (χ2n) is 3.69. The van der Waals surface area contributed by atoms with E-state index in [2.05, 4.69) is 13.0 Å². The summed E-state index contributed by atoms with van der Waals surface area (Å²) in [6.45, 7) is 2.10. The van der Waals surface area contributed by atoms with Crippen molar-refractivity contribution < 1.29 is 9.34 Å². The van der Waals surface area contributed by atoms with Gasteiger partial charge in [-0.1, -0.05) is 13.3 Å². The lowest BCUT2D eigenvalue weighted by Crippen LogP contribution is -1.85. The van der Waals surface area contributed by atoms with Crippen LogP contribution in [0.1, 0.15) is 25.5 Å². The summed E-state index contributed by atoms with van der Waals surface area (Å²) in [6.07, 6.45) is 2.96. The lowest BCUT2D eigenvalue weighted by Gasteiger charge is -1.91. The molecule has 0 unspecified atom stereocenters. The zero-order valence-corrected chi connectivity index (χ0v) is 9.03. The number of benzene rings is 1. The van der Waals surface area contributed by atoms with E-state index in [1.54, 1.807) is 6.07 Å². The number of furan rings is 1. The summed E-state index contributed by atoms with van der Waals surface area (Å²) in [5.41, 5.74) is 0.739. The third-order valence-electron chi connectivity index (χ3n) is 2.44. The summed E-state index contributed by atoms with van der Waals surface area (Å²) >= 11 is 0. The minimum absolute atomic E-state index is 0.0755. The molecule has 0 saturated heterocycles. The zero-order chi connectivity index (χ0) is 11.5. The summed E-state index contributed by atoms with van der Waals surface area (Å²) in [5.74, 6) is 0.775. The molecule has 1 heterocycles. The number of nitrogens with zero attached hydrogens (tertiary/aromatic N) is 1. The van der Waals surface area contributed by atoms with Crippen molar-refractivity contribution in [3.63, 3.8) is 0 Å². The highest BCUT2D eigenvalue weighted by molar-refractivity contribution is 5.79. The van der Waals surface area contributed by atoms with E-state index in [0.29, 0.717) is 11.0 Å². The Hall–Kier alpha value is -1.84. The minimum atomic E-state index is -0.411. The Labute approximate surface area is 93.0 Å². The van der Waals surface area contributed by atoms with Gasteiger partial charge in [-0.3, -0.25) is 10.1 Å². The van der Waals surface area contributed by atoms with E-state index in [0.717, 1.165) is 25.0 Å². The van der Waals surface area contributed by atoms with Gasteiger partial charge in [0.2, 0.25) is 0 Å². The van der Waals surface area contributed by atoms with Gasteiger partial charge < -0.3 is 4.42 Å². The van der Waals surface area contributed by atoms with Gasteiger partial charge in [-0.05, 0) is 12.5 Å². The number of aryl methyl sites for hydroxylation is 1. The molecule has 1 aromatic carbocycles. The standard InChI is InChI=1S/C12H12NO3/c1-2-3-4-11-8-9-7-10(13(14)15)5-6-12(9)16-11/h5-7H,2-4H2,1H3. The average Bonchev–Trinajstić information content (AvgIpc) is 2.67. The van der Waals surface area contributed by atoms with Crippen molar-refractivity contribution >= 4 is 16.7 Å². The normalized spacial score (nSPS) is 10.8. The van der Waals surface area contributed by atoms with Crippen LogP contribution in [0.3, 0.4) is 0 Å². The first kappa shape index (κ1) is 10.7. The van der Waals surface area contributed by atoms with Gasteiger partial charge in [0.25, 0.3) is 5.69 Å². The molecule has 0 aliphatic rings. The number of non-ortho nitro benzene ring substituents is 1. The van der Waals surface area contributed by atoms with Gasteiger partial charge in [-0.2, -0.15) is 0 Å². The maximum absolute atomic E-state index is 10.6. The van der Waals surface area contributed by atoms with Crippen LogP contribution in [0.4, 0.5) is 5.69 Å². The molecule has 16 heavy (non-hydrogen) atoms. The third kappa shape index (κ3) is 2.05. The molecule has 0 aliphatic carbocycles. The SMILES string of the molecule is CCCCc1[c]c2cc([N+](=O)[O-])ccc2o1. The van der Waals surface area contributed by atoms with Gasteiger partial charge in [0, 0.05) is 30.0 Å². The van der Waals surface area contributed by atoms with Crippen LogP contribution in [-0.2, 0) is 6.42 Å². The van der Waals surface area contributed by atoms with Crippen molar-refractivity contribution in [3.8, 4) is 0 Å². The molecule has 2 aromatic rings. The summed E-state index contributed by atoms with van der Waals surface area (Å²) < 4.78 is 5.53. The van der Waals surface area contributed by atoms with Crippen molar-refractivity contribution in [1.82, 2.24) is 0 Å². The second kappa shape index (κ2) is 4.35. The maximum Gasteiger partial charge on any atom is 0.270 e. The predicted octanol–water partition coefficient (Wildman–Crippen LogP) is 3.48. The van der Waals surface area contributed by atoms with E-state index >= 15 is 0 Å². The van der Waals surface area contributed by atoms with Crippen molar-refractivity contribution in [2.24, 2.45) is 0 Å². The first-order valence-electron chi connectivity index (χ1n) is 5.30. The van der Waals surface area contributed by atoms with Gasteiger partial charge in [-0.15, -0.1) is 0 Å². The third-order valence-corrected chi connectivity index (χ3v) is 2.44. The van der Waals surface area contributed by atoms with Crippen LogP contribution < -0.4 is 0 Å². The van der Waals surface area contributed by atoms with E-state index in [1.807, 2.05) is 0 Å². The number of nitro groups is 1. The van der Waals surface area contributed by atoms with E-state index in [4.69, 9.17) is 4.42 Å². The highest BCUT2D eigenvalue weighted by Crippen LogP contribution is 2.24.